The van der Waals surface area contributed by atoms with Crippen LogP contribution in [-0.4, -0.2) is 29.7 Å². The lowest BCUT2D eigenvalue weighted by Gasteiger charge is -2.22. The van der Waals surface area contributed by atoms with Gasteiger partial charge < -0.3 is 10.4 Å². The SMILES string of the molecule is CCSCCCNCC(C)(O)c1ccsc1. The Morgan fingerprint density at radius 1 is 1.56 bits per heavy atom. The van der Waals surface area contributed by atoms with Gasteiger partial charge in [-0.1, -0.05) is 6.92 Å². The molecule has 0 radical (unpaired) electrons. The Morgan fingerprint density at radius 2 is 2.38 bits per heavy atom. The second kappa shape index (κ2) is 7.33. The number of nitrogens with one attached hydrogen (secondary N) is 1. The van der Waals surface area contributed by atoms with Gasteiger partial charge in [-0.15, -0.1) is 0 Å². The molecular formula is C12H21NOS2. The molecular weight excluding hydrogens is 238 g/mol. The van der Waals surface area contributed by atoms with Gasteiger partial charge in [0.05, 0.1) is 5.60 Å². The number of rotatable bonds is 8. The van der Waals surface area contributed by atoms with Crippen LogP contribution in [0.1, 0.15) is 25.8 Å². The standard InChI is InChI=1S/C12H21NOS2/c1-3-15-7-4-6-13-10-12(2,14)11-5-8-16-9-11/h5,8-9,13-14H,3-4,6-7,10H2,1-2H3. The number of hydrogen-bond donors (Lipinski definition) is 2. The quantitative estimate of drug-likeness (QED) is 0.704. The fraction of sp³-hybridized carbons (Fsp3) is 0.667. The van der Waals surface area contributed by atoms with Crippen LogP contribution in [0.3, 0.4) is 0 Å². The first-order valence-corrected chi connectivity index (χ1v) is 7.80. The summed E-state index contributed by atoms with van der Waals surface area (Å²) in [4.78, 5) is 0. The van der Waals surface area contributed by atoms with E-state index in [0.717, 1.165) is 18.5 Å². The third-order valence-corrected chi connectivity index (χ3v) is 4.13. The summed E-state index contributed by atoms with van der Waals surface area (Å²) in [5.41, 5.74) is 0.269. The van der Waals surface area contributed by atoms with E-state index in [9.17, 15) is 5.11 Å². The van der Waals surface area contributed by atoms with E-state index in [0.29, 0.717) is 6.54 Å². The highest BCUT2D eigenvalue weighted by molar-refractivity contribution is 7.99. The molecule has 1 aromatic rings. The Bertz CT molecular complexity index is 273. The summed E-state index contributed by atoms with van der Waals surface area (Å²) < 4.78 is 0. The van der Waals surface area contributed by atoms with E-state index in [4.69, 9.17) is 0 Å². The van der Waals surface area contributed by atoms with Crippen LogP contribution in [0, 0.1) is 0 Å². The molecule has 16 heavy (non-hydrogen) atoms. The van der Waals surface area contributed by atoms with Crippen molar-refractivity contribution in [2.24, 2.45) is 0 Å². The predicted molar refractivity (Wildman–Crippen MR) is 74.4 cm³/mol. The van der Waals surface area contributed by atoms with Crippen LogP contribution in [0.4, 0.5) is 0 Å². The molecule has 1 unspecified atom stereocenters. The molecule has 4 heteroatoms. The van der Waals surface area contributed by atoms with Crippen molar-refractivity contribution in [1.82, 2.24) is 5.32 Å². The summed E-state index contributed by atoms with van der Waals surface area (Å²) in [6.07, 6.45) is 1.16. The van der Waals surface area contributed by atoms with Gasteiger partial charge in [-0.2, -0.15) is 23.1 Å². The maximum atomic E-state index is 10.2. The van der Waals surface area contributed by atoms with Gasteiger partial charge in [0, 0.05) is 6.54 Å². The molecule has 0 saturated heterocycles. The zero-order valence-corrected chi connectivity index (χ0v) is 11.7. The summed E-state index contributed by atoms with van der Waals surface area (Å²) >= 11 is 3.59. The molecule has 2 N–H and O–H groups in total. The minimum Gasteiger partial charge on any atom is -0.384 e. The van der Waals surface area contributed by atoms with Crippen LogP contribution in [-0.2, 0) is 5.60 Å². The van der Waals surface area contributed by atoms with Gasteiger partial charge >= 0.3 is 0 Å². The molecule has 1 rings (SSSR count). The second-order valence-corrected chi connectivity index (χ2v) is 6.19. The highest BCUT2D eigenvalue weighted by atomic mass is 32.2. The first kappa shape index (κ1) is 14.0. The minimum absolute atomic E-state index is 0.626. The Morgan fingerprint density at radius 3 is 3.00 bits per heavy atom. The first-order chi connectivity index (χ1) is 7.67. The molecule has 1 heterocycles. The fourth-order valence-corrected chi connectivity index (χ4v) is 2.87. The van der Waals surface area contributed by atoms with Crippen LogP contribution >= 0.6 is 23.1 Å². The third-order valence-electron chi connectivity index (χ3n) is 2.46. The number of thiophene rings is 1. The van der Waals surface area contributed by atoms with Crippen molar-refractivity contribution in [3.05, 3.63) is 22.4 Å². The lowest BCUT2D eigenvalue weighted by molar-refractivity contribution is 0.0577. The lowest BCUT2D eigenvalue weighted by atomic mass is 9.99. The number of thioether (sulfide) groups is 1. The van der Waals surface area contributed by atoms with Gasteiger partial charge in [-0.25, -0.2) is 0 Å². The van der Waals surface area contributed by atoms with Gasteiger partial charge in [-0.05, 0) is 53.8 Å². The Balaban J connectivity index is 2.17. The van der Waals surface area contributed by atoms with E-state index in [-0.39, 0.29) is 0 Å². The molecule has 0 saturated carbocycles. The summed E-state index contributed by atoms with van der Waals surface area (Å²) in [6, 6.07) is 1.99. The van der Waals surface area contributed by atoms with Crippen LogP contribution in [0.15, 0.2) is 16.8 Å². The zero-order valence-electron chi connectivity index (χ0n) is 10.0. The van der Waals surface area contributed by atoms with E-state index in [2.05, 4.69) is 12.2 Å². The molecule has 2 nitrogen and oxygen atoms in total. The zero-order chi connectivity index (χ0) is 11.9. The van der Waals surface area contributed by atoms with Gasteiger partial charge in [-0.3, -0.25) is 0 Å². The Kier molecular flexibility index (Phi) is 6.43. The third kappa shape index (κ3) is 4.87. The number of aliphatic hydroxyl groups is 1. The number of hydrogen-bond acceptors (Lipinski definition) is 4. The van der Waals surface area contributed by atoms with Gasteiger partial charge in [0.2, 0.25) is 0 Å². The average molecular weight is 259 g/mol. The van der Waals surface area contributed by atoms with Crippen LogP contribution < -0.4 is 5.32 Å². The second-order valence-electron chi connectivity index (χ2n) is 4.01. The van der Waals surface area contributed by atoms with Gasteiger partial charge in [0.15, 0.2) is 0 Å². The van der Waals surface area contributed by atoms with E-state index >= 15 is 0 Å². The summed E-state index contributed by atoms with van der Waals surface area (Å²) in [5, 5.41) is 17.5. The summed E-state index contributed by atoms with van der Waals surface area (Å²) in [5.74, 6) is 2.39. The smallest absolute Gasteiger partial charge is 0.1000 e. The lowest BCUT2D eigenvalue weighted by Crippen LogP contribution is -2.35. The minimum atomic E-state index is -0.738. The van der Waals surface area contributed by atoms with Crippen molar-refractivity contribution in [3.63, 3.8) is 0 Å². The van der Waals surface area contributed by atoms with Gasteiger partial charge in [0.1, 0.15) is 0 Å². The molecule has 0 bridgehead atoms. The van der Waals surface area contributed by atoms with Crippen molar-refractivity contribution < 1.29 is 5.11 Å². The van der Waals surface area contributed by atoms with E-state index in [1.165, 1.54) is 11.5 Å². The highest BCUT2D eigenvalue weighted by Gasteiger charge is 2.22. The molecule has 0 amide bonds. The Labute approximate surface area is 106 Å². The van der Waals surface area contributed by atoms with Crippen molar-refractivity contribution in [3.8, 4) is 0 Å². The molecule has 1 aromatic heterocycles. The predicted octanol–water partition coefficient (Wildman–Crippen LogP) is 2.69. The molecule has 0 aliphatic rings. The summed E-state index contributed by atoms with van der Waals surface area (Å²) in [7, 11) is 0. The molecule has 1 atom stereocenters. The topological polar surface area (TPSA) is 32.3 Å². The first-order valence-electron chi connectivity index (χ1n) is 5.70. The molecule has 0 aromatic carbocycles. The van der Waals surface area contributed by atoms with E-state index in [1.54, 1.807) is 11.3 Å². The summed E-state index contributed by atoms with van der Waals surface area (Å²) in [6.45, 7) is 5.65. The molecule has 92 valence electrons. The molecule has 0 fully saturated rings. The van der Waals surface area contributed by atoms with Crippen molar-refractivity contribution in [2.75, 3.05) is 24.6 Å². The maximum Gasteiger partial charge on any atom is 0.1000 e. The maximum absolute atomic E-state index is 10.2. The van der Waals surface area contributed by atoms with Crippen LogP contribution in [0.2, 0.25) is 0 Å². The monoisotopic (exact) mass is 259 g/mol. The average Bonchev–Trinajstić information content (AvgIpc) is 2.77. The fourth-order valence-electron chi connectivity index (χ4n) is 1.45. The van der Waals surface area contributed by atoms with Crippen LogP contribution in [0.25, 0.3) is 0 Å². The molecule has 0 aliphatic heterocycles. The van der Waals surface area contributed by atoms with Crippen molar-refractivity contribution in [1.29, 1.82) is 0 Å². The normalized spacial score (nSPS) is 14.9. The molecule has 0 spiro atoms. The van der Waals surface area contributed by atoms with Crippen molar-refractivity contribution >= 4 is 23.1 Å². The van der Waals surface area contributed by atoms with E-state index < -0.39 is 5.60 Å². The van der Waals surface area contributed by atoms with Crippen LogP contribution in [0.5, 0.6) is 0 Å². The largest absolute Gasteiger partial charge is 0.384 e. The van der Waals surface area contributed by atoms with Gasteiger partial charge in [0.25, 0.3) is 0 Å². The van der Waals surface area contributed by atoms with Crippen molar-refractivity contribution in [2.45, 2.75) is 25.9 Å². The molecule has 0 aliphatic carbocycles. The highest BCUT2D eigenvalue weighted by Crippen LogP contribution is 2.21. The Hall–Kier alpha value is -0.0300. The van der Waals surface area contributed by atoms with E-state index in [1.807, 2.05) is 35.5 Å².